The van der Waals surface area contributed by atoms with Crippen molar-refractivity contribution in [3.8, 4) is 0 Å². The molecule has 3 aromatic rings. The van der Waals surface area contributed by atoms with Crippen LogP contribution in [0, 0.1) is 0 Å². The van der Waals surface area contributed by atoms with E-state index in [4.69, 9.17) is 4.74 Å². The molecule has 9 heteroatoms. The average Bonchev–Trinajstić information content (AvgIpc) is 3.39. The van der Waals surface area contributed by atoms with Crippen LogP contribution < -0.4 is 9.80 Å². The van der Waals surface area contributed by atoms with Crippen molar-refractivity contribution in [3.05, 3.63) is 89.1 Å². The minimum absolute atomic E-state index is 0.146. The van der Waals surface area contributed by atoms with Crippen molar-refractivity contribution < 1.29 is 23.9 Å². The predicted octanol–water partition coefficient (Wildman–Crippen LogP) is 3.82. The summed E-state index contributed by atoms with van der Waals surface area (Å²) in [5.41, 5.74) is 3.07. The summed E-state index contributed by atoms with van der Waals surface area (Å²) in [5.74, 6) is -0.790. The number of benzene rings is 2. The molecule has 5 rings (SSSR count). The lowest BCUT2D eigenvalue weighted by molar-refractivity contribution is -0.143. The number of nitrogens with zero attached hydrogens (tertiary/aromatic N) is 4. The molecule has 0 unspecified atom stereocenters. The first kappa shape index (κ1) is 24.2. The molecule has 9 nitrogen and oxygen atoms in total. The van der Waals surface area contributed by atoms with E-state index in [1.807, 2.05) is 24.3 Å². The highest BCUT2D eigenvalue weighted by Crippen LogP contribution is 2.28. The van der Waals surface area contributed by atoms with Gasteiger partial charge in [-0.3, -0.25) is 19.3 Å². The lowest BCUT2D eigenvalue weighted by atomic mass is 10.1. The van der Waals surface area contributed by atoms with Crippen molar-refractivity contribution in [3.63, 3.8) is 0 Å². The second-order valence-electron chi connectivity index (χ2n) is 8.81. The first-order valence-corrected chi connectivity index (χ1v) is 12.2. The number of hydrogen-bond donors (Lipinski definition) is 0. The van der Waals surface area contributed by atoms with Gasteiger partial charge >= 0.3 is 12.0 Å². The number of urea groups is 1. The maximum absolute atomic E-state index is 13.1. The van der Waals surface area contributed by atoms with Crippen LogP contribution in [0.3, 0.4) is 0 Å². The minimum Gasteiger partial charge on any atom is -0.466 e. The monoisotopic (exact) mass is 498 g/mol. The summed E-state index contributed by atoms with van der Waals surface area (Å²) in [6, 6.07) is 19.3. The number of amides is 4. The van der Waals surface area contributed by atoms with Gasteiger partial charge in [-0.25, -0.2) is 14.7 Å². The molecule has 0 spiro atoms. The summed E-state index contributed by atoms with van der Waals surface area (Å²) in [6.07, 6.45) is 0.894. The minimum atomic E-state index is -0.403. The second-order valence-corrected chi connectivity index (χ2v) is 8.81. The van der Waals surface area contributed by atoms with E-state index in [9.17, 15) is 19.2 Å². The molecular formula is C28H26N4O5. The van der Waals surface area contributed by atoms with Gasteiger partial charge in [-0.05, 0) is 55.3 Å². The molecule has 37 heavy (non-hydrogen) atoms. The Bertz CT molecular complexity index is 1340. The number of anilines is 2. The van der Waals surface area contributed by atoms with Crippen LogP contribution in [0.25, 0.3) is 0 Å². The second kappa shape index (κ2) is 10.2. The van der Waals surface area contributed by atoms with Crippen LogP contribution in [-0.4, -0.2) is 53.4 Å². The maximum atomic E-state index is 13.1. The smallest absolute Gasteiger partial charge is 0.324 e. The number of hydrogen-bond acceptors (Lipinski definition) is 6. The van der Waals surface area contributed by atoms with E-state index in [1.165, 1.54) is 0 Å². The van der Waals surface area contributed by atoms with E-state index < -0.39 is 11.8 Å². The van der Waals surface area contributed by atoms with Gasteiger partial charge in [-0.15, -0.1) is 0 Å². The molecule has 2 aliphatic heterocycles. The molecule has 188 valence electrons. The van der Waals surface area contributed by atoms with Crippen LogP contribution in [-0.2, 0) is 22.5 Å². The molecule has 1 fully saturated rings. The summed E-state index contributed by atoms with van der Waals surface area (Å²) >= 11 is 0. The van der Waals surface area contributed by atoms with Crippen molar-refractivity contribution in [1.29, 1.82) is 0 Å². The Morgan fingerprint density at radius 2 is 1.59 bits per heavy atom. The van der Waals surface area contributed by atoms with E-state index in [2.05, 4.69) is 4.98 Å². The first-order valence-electron chi connectivity index (χ1n) is 12.2. The lowest BCUT2D eigenvalue weighted by Crippen LogP contribution is -2.32. The van der Waals surface area contributed by atoms with Gasteiger partial charge in [0.1, 0.15) is 5.82 Å². The van der Waals surface area contributed by atoms with Crippen molar-refractivity contribution >= 4 is 35.3 Å². The summed E-state index contributed by atoms with van der Waals surface area (Å²) in [7, 11) is 0. The molecular weight excluding hydrogens is 472 g/mol. The number of ether oxygens (including phenoxy) is 1. The van der Waals surface area contributed by atoms with Crippen LogP contribution >= 0.6 is 0 Å². The Balaban J connectivity index is 1.24. The van der Waals surface area contributed by atoms with Crippen molar-refractivity contribution in [2.75, 3.05) is 29.5 Å². The van der Waals surface area contributed by atoms with E-state index >= 15 is 0 Å². The van der Waals surface area contributed by atoms with Crippen molar-refractivity contribution in [2.24, 2.45) is 0 Å². The predicted molar refractivity (Wildman–Crippen MR) is 136 cm³/mol. The van der Waals surface area contributed by atoms with Gasteiger partial charge in [0.25, 0.3) is 11.8 Å². The fraction of sp³-hybridized carbons (Fsp3) is 0.250. The number of aromatic nitrogens is 1. The molecule has 1 aromatic heterocycles. The highest BCUT2D eigenvalue weighted by Gasteiger charge is 2.37. The van der Waals surface area contributed by atoms with Gasteiger partial charge in [-0.1, -0.05) is 30.3 Å². The molecule has 0 saturated carbocycles. The van der Waals surface area contributed by atoms with E-state index in [0.717, 1.165) is 16.2 Å². The van der Waals surface area contributed by atoms with E-state index in [-0.39, 0.29) is 24.4 Å². The van der Waals surface area contributed by atoms with Gasteiger partial charge in [-0.2, -0.15) is 0 Å². The Morgan fingerprint density at radius 1 is 0.892 bits per heavy atom. The van der Waals surface area contributed by atoms with Gasteiger partial charge in [0.15, 0.2) is 0 Å². The molecule has 0 N–H and O–H groups in total. The van der Waals surface area contributed by atoms with Crippen molar-refractivity contribution in [2.45, 2.75) is 26.3 Å². The van der Waals surface area contributed by atoms with Gasteiger partial charge < -0.3 is 9.64 Å². The first-order chi connectivity index (χ1) is 18.0. The number of esters is 1. The molecule has 0 bridgehead atoms. The Kier molecular flexibility index (Phi) is 6.68. The fourth-order valence-electron chi connectivity index (χ4n) is 4.56. The van der Waals surface area contributed by atoms with Crippen LogP contribution in [0.4, 0.5) is 16.3 Å². The van der Waals surface area contributed by atoms with E-state index in [1.54, 1.807) is 59.2 Å². The number of pyridine rings is 1. The summed E-state index contributed by atoms with van der Waals surface area (Å²) in [4.78, 5) is 59.3. The highest BCUT2D eigenvalue weighted by molar-refractivity contribution is 6.34. The van der Waals surface area contributed by atoms with Crippen LogP contribution in [0.2, 0.25) is 0 Å². The normalized spacial score (nSPS) is 14.9. The van der Waals surface area contributed by atoms with Crippen LogP contribution in [0.1, 0.15) is 45.3 Å². The Labute approximate surface area is 214 Å². The Hall–Kier alpha value is -4.53. The maximum Gasteiger partial charge on any atom is 0.324 e. The molecule has 0 radical (unpaired) electrons. The highest BCUT2D eigenvalue weighted by atomic mass is 16.5. The zero-order valence-corrected chi connectivity index (χ0v) is 20.4. The molecule has 1 saturated heterocycles. The molecule has 2 aromatic carbocycles. The summed E-state index contributed by atoms with van der Waals surface area (Å²) < 4.78 is 4.97. The molecule has 2 aliphatic rings. The third-order valence-electron chi connectivity index (χ3n) is 6.43. The SMILES string of the molecule is CCOC(=O)CCc1ccc(N2CCN(Cc3cccc(N4C(=O)c5ccccc5C4=O)n3)C2=O)cc1. The number of imide groups is 1. The summed E-state index contributed by atoms with van der Waals surface area (Å²) in [5, 5.41) is 0. The Morgan fingerprint density at radius 3 is 2.27 bits per heavy atom. The number of rotatable bonds is 8. The lowest BCUT2D eigenvalue weighted by Gasteiger charge is -2.19. The quantitative estimate of drug-likeness (QED) is 0.346. The van der Waals surface area contributed by atoms with Gasteiger partial charge in [0.2, 0.25) is 0 Å². The zero-order chi connectivity index (χ0) is 25.9. The zero-order valence-electron chi connectivity index (χ0n) is 20.4. The van der Waals surface area contributed by atoms with Crippen LogP contribution in [0.5, 0.6) is 0 Å². The number of aryl methyl sites for hydroxylation is 1. The topological polar surface area (TPSA) is 100 Å². The van der Waals surface area contributed by atoms with Crippen molar-refractivity contribution in [1.82, 2.24) is 9.88 Å². The number of carbonyl (C=O) groups is 4. The number of fused-ring (bicyclic) bond motifs is 1. The third-order valence-corrected chi connectivity index (χ3v) is 6.43. The molecule has 0 atom stereocenters. The molecule has 0 aliphatic carbocycles. The fourth-order valence-corrected chi connectivity index (χ4v) is 4.56. The molecule has 4 amide bonds. The van der Waals surface area contributed by atoms with Gasteiger partial charge in [0.05, 0.1) is 30.0 Å². The average molecular weight is 499 g/mol. The van der Waals surface area contributed by atoms with E-state index in [0.29, 0.717) is 49.4 Å². The molecule has 3 heterocycles. The van der Waals surface area contributed by atoms with Gasteiger partial charge in [0, 0.05) is 25.2 Å². The third kappa shape index (κ3) is 4.80. The number of carbonyl (C=O) groups excluding carboxylic acids is 4. The summed E-state index contributed by atoms with van der Waals surface area (Å²) in [6.45, 7) is 3.45. The standard InChI is InChI=1S/C28H26N4O5/c1-2-37-25(33)15-12-19-10-13-21(14-11-19)31-17-16-30(28(31)36)18-20-6-5-9-24(29-20)32-26(34)22-7-3-4-8-23(22)27(32)35/h3-11,13-14H,2,12,15-18H2,1H3. The van der Waals surface area contributed by atoms with Crippen LogP contribution in [0.15, 0.2) is 66.7 Å². The largest absolute Gasteiger partial charge is 0.466 e.